The van der Waals surface area contributed by atoms with E-state index >= 15 is 0 Å². The molecule has 0 radical (unpaired) electrons. The number of nitrogens with one attached hydrogen (secondary N) is 1. The second-order valence-electron chi connectivity index (χ2n) is 4.63. The van der Waals surface area contributed by atoms with Crippen LogP contribution in [0.25, 0.3) is 0 Å². The van der Waals surface area contributed by atoms with Crippen LogP contribution in [0.2, 0.25) is 0 Å². The van der Waals surface area contributed by atoms with Crippen molar-refractivity contribution in [3.63, 3.8) is 0 Å². The van der Waals surface area contributed by atoms with E-state index in [4.69, 9.17) is 4.74 Å². The number of esters is 1. The molecule has 1 fully saturated rings. The topological polar surface area (TPSA) is 41.6 Å². The molecule has 4 nitrogen and oxygen atoms in total. The first-order chi connectivity index (χ1) is 9.20. The van der Waals surface area contributed by atoms with Gasteiger partial charge in [-0.3, -0.25) is 9.69 Å². The minimum absolute atomic E-state index is 0. The average molecular weight is 333 g/mol. The van der Waals surface area contributed by atoms with Crippen LogP contribution in [0.1, 0.15) is 18.5 Å². The minimum atomic E-state index is -0.296. The fraction of sp³-hybridized carbons (Fsp3) is 0.400. The summed E-state index contributed by atoms with van der Waals surface area (Å²) in [6, 6.07) is 7.86. The Morgan fingerprint density at radius 3 is 2.33 bits per heavy atom. The molecular weight excluding hydrogens is 311 g/mol. The Kier molecular flexibility index (Phi) is 9.29. The Morgan fingerprint density at radius 1 is 1.29 bits per heavy atom. The molecule has 1 heterocycles. The molecule has 2 rings (SSSR count). The highest BCUT2D eigenvalue weighted by Crippen LogP contribution is 2.24. The number of carbonyl (C=O) groups is 1. The summed E-state index contributed by atoms with van der Waals surface area (Å²) in [6.07, 6.45) is 1.96. The molecular formula is C15H22Cl2N2O2. The van der Waals surface area contributed by atoms with E-state index in [1.165, 1.54) is 12.5 Å². The van der Waals surface area contributed by atoms with Crippen LogP contribution < -0.4 is 10.1 Å². The molecule has 0 spiro atoms. The lowest BCUT2D eigenvalue weighted by Gasteiger charge is -2.33. The highest BCUT2D eigenvalue weighted by molar-refractivity contribution is 5.85. The average Bonchev–Trinajstić information content (AvgIpc) is 2.42. The standard InChI is InChI=1S/C15H20N2O2.2ClH/c1-3-15(17-10-8-16-9-11-17)13-4-6-14(7-5-13)19-12(2)18;;/h3-7,15-16H,1,8-11H2,2H3;2*1H/t15-;;/m1../s1. The Hall–Kier alpha value is -1.07. The molecule has 1 atom stereocenters. The van der Waals surface area contributed by atoms with Crippen LogP contribution in [-0.4, -0.2) is 37.0 Å². The lowest BCUT2D eigenvalue weighted by Crippen LogP contribution is -2.44. The number of rotatable bonds is 4. The second-order valence-corrected chi connectivity index (χ2v) is 4.63. The highest BCUT2D eigenvalue weighted by Gasteiger charge is 2.19. The van der Waals surface area contributed by atoms with Crippen LogP contribution in [0.3, 0.4) is 0 Å². The molecule has 1 aliphatic heterocycles. The maximum Gasteiger partial charge on any atom is 0.308 e. The molecule has 1 saturated heterocycles. The molecule has 1 aromatic carbocycles. The summed E-state index contributed by atoms with van der Waals surface area (Å²) in [5.41, 5.74) is 1.17. The van der Waals surface area contributed by atoms with Crippen LogP contribution in [0.5, 0.6) is 5.75 Å². The molecule has 0 unspecified atom stereocenters. The van der Waals surface area contributed by atoms with Crippen LogP contribution in [-0.2, 0) is 4.79 Å². The fourth-order valence-corrected chi connectivity index (χ4v) is 2.36. The number of hydrogen-bond acceptors (Lipinski definition) is 4. The van der Waals surface area contributed by atoms with Crippen LogP contribution in [0.15, 0.2) is 36.9 Å². The van der Waals surface area contributed by atoms with Gasteiger partial charge in [-0.1, -0.05) is 18.2 Å². The fourth-order valence-electron chi connectivity index (χ4n) is 2.36. The van der Waals surface area contributed by atoms with Crippen molar-refractivity contribution in [3.8, 4) is 5.75 Å². The SMILES string of the molecule is C=C[C@H](c1ccc(OC(C)=O)cc1)N1CCNCC1.Cl.Cl. The molecule has 1 N–H and O–H groups in total. The molecule has 118 valence electrons. The van der Waals surface area contributed by atoms with Gasteiger partial charge >= 0.3 is 5.97 Å². The molecule has 0 bridgehead atoms. The van der Waals surface area contributed by atoms with Crippen molar-refractivity contribution in [2.75, 3.05) is 26.2 Å². The summed E-state index contributed by atoms with van der Waals surface area (Å²) in [5, 5.41) is 3.34. The van der Waals surface area contributed by atoms with Crippen LogP contribution in [0, 0.1) is 0 Å². The lowest BCUT2D eigenvalue weighted by atomic mass is 10.0. The first kappa shape index (κ1) is 19.9. The molecule has 0 saturated carbocycles. The second kappa shape index (κ2) is 9.79. The maximum atomic E-state index is 10.9. The first-order valence-electron chi connectivity index (χ1n) is 6.56. The first-order valence-corrected chi connectivity index (χ1v) is 6.56. The maximum absolute atomic E-state index is 10.9. The molecule has 21 heavy (non-hydrogen) atoms. The zero-order chi connectivity index (χ0) is 13.7. The van der Waals surface area contributed by atoms with Gasteiger partial charge in [-0.05, 0) is 17.7 Å². The van der Waals surface area contributed by atoms with Gasteiger partial charge in [-0.25, -0.2) is 0 Å². The predicted octanol–water partition coefficient (Wildman–Crippen LogP) is 2.59. The van der Waals surface area contributed by atoms with Crippen molar-refractivity contribution in [3.05, 3.63) is 42.5 Å². The van der Waals surface area contributed by atoms with Crippen molar-refractivity contribution in [1.29, 1.82) is 0 Å². The van der Waals surface area contributed by atoms with Crippen LogP contribution >= 0.6 is 24.8 Å². The van der Waals surface area contributed by atoms with Crippen molar-refractivity contribution in [2.24, 2.45) is 0 Å². The summed E-state index contributed by atoms with van der Waals surface area (Å²) >= 11 is 0. The van der Waals surface area contributed by atoms with Gasteiger partial charge in [0.1, 0.15) is 5.75 Å². The number of piperazine rings is 1. The molecule has 0 aromatic heterocycles. The Labute approximate surface area is 138 Å². The van der Waals surface area contributed by atoms with E-state index < -0.39 is 0 Å². The van der Waals surface area contributed by atoms with E-state index in [1.54, 1.807) is 0 Å². The van der Waals surface area contributed by atoms with Gasteiger partial charge in [0.05, 0.1) is 6.04 Å². The number of halogens is 2. The number of ether oxygens (including phenoxy) is 1. The Balaban J connectivity index is 0.00000200. The van der Waals surface area contributed by atoms with Crippen molar-refractivity contribution in [1.82, 2.24) is 10.2 Å². The molecule has 1 aromatic rings. The van der Waals surface area contributed by atoms with E-state index in [-0.39, 0.29) is 36.8 Å². The van der Waals surface area contributed by atoms with Gasteiger partial charge in [0.15, 0.2) is 0 Å². The van der Waals surface area contributed by atoms with Crippen molar-refractivity contribution >= 4 is 30.8 Å². The summed E-state index contributed by atoms with van der Waals surface area (Å²) in [7, 11) is 0. The van der Waals surface area contributed by atoms with E-state index in [9.17, 15) is 4.79 Å². The van der Waals surface area contributed by atoms with Gasteiger partial charge in [0, 0.05) is 33.1 Å². The van der Waals surface area contributed by atoms with Crippen LogP contribution in [0.4, 0.5) is 0 Å². The number of nitrogens with zero attached hydrogens (tertiary/aromatic N) is 1. The van der Waals surface area contributed by atoms with Crippen molar-refractivity contribution in [2.45, 2.75) is 13.0 Å². The number of benzene rings is 1. The third kappa shape index (κ3) is 5.67. The summed E-state index contributed by atoms with van der Waals surface area (Å²) in [6.45, 7) is 9.39. The van der Waals surface area contributed by atoms with Crippen molar-refractivity contribution < 1.29 is 9.53 Å². The van der Waals surface area contributed by atoms with Gasteiger partial charge < -0.3 is 10.1 Å². The highest BCUT2D eigenvalue weighted by atomic mass is 35.5. The van der Waals surface area contributed by atoms with E-state index in [1.807, 2.05) is 30.3 Å². The van der Waals surface area contributed by atoms with E-state index in [0.29, 0.717) is 5.75 Å². The van der Waals surface area contributed by atoms with Gasteiger partial charge in [-0.2, -0.15) is 0 Å². The largest absolute Gasteiger partial charge is 0.427 e. The van der Waals surface area contributed by atoms with Gasteiger partial charge in [-0.15, -0.1) is 31.4 Å². The van der Waals surface area contributed by atoms with E-state index in [0.717, 1.165) is 26.2 Å². The van der Waals surface area contributed by atoms with E-state index in [2.05, 4.69) is 16.8 Å². The molecule has 6 heteroatoms. The lowest BCUT2D eigenvalue weighted by molar-refractivity contribution is -0.131. The summed E-state index contributed by atoms with van der Waals surface area (Å²) in [5.74, 6) is 0.287. The monoisotopic (exact) mass is 332 g/mol. The third-order valence-corrected chi connectivity index (χ3v) is 3.25. The summed E-state index contributed by atoms with van der Waals surface area (Å²) < 4.78 is 5.04. The van der Waals surface area contributed by atoms with Gasteiger partial charge in [0.2, 0.25) is 0 Å². The normalized spacial score (nSPS) is 16.0. The minimum Gasteiger partial charge on any atom is -0.427 e. The quantitative estimate of drug-likeness (QED) is 0.522. The number of hydrogen-bond donors (Lipinski definition) is 1. The molecule has 1 aliphatic rings. The smallest absolute Gasteiger partial charge is 0.308 e. The zero-order valence-electron chi connectivity index (χ0n) is 12.1. The Morgan fingerprint density at radius 2 is 1.86 bits per heavy atom. The molecule has 0 aliphatic carbocycles. The molecule has 0 amide bonds. The van der Waals surface area contributed by atoms with Gasteiger partial charge in [0.25, 0.3) is 0 Å². The zero-order valence-corrected chi connectivity index (χ0v) is 13.7. The Bertz CT molecular complexity index is 445. The third-order valence-electron chi connectivity index (χ3n) is 3.25. The summed E-state index contributed by atoms with van der Waals surface area (Å²) in [4.78, 5) is 13.3. The predicted molar refractivity (Wildman–Crippen MR) is 89.6 cm³/mol. The number of carbonyl (C=O) groups excluding carboxylic acids is 1.